The fraction of sp³-hybridized carbons (Fsp3) is 0.381. The molecular formula is C21H28N2O. The van der Waals surface area contributed by atoms with Crippen LogP contribution in [0.15, 0.2) is 60.7 Å². The molecule has 0 fully saturated rings. The Balaban J connectivity index is 2.08. The summed E-state index contributed by atoms with van der Waals surface area (Å²) < 4.78 is 0. The minimum absolute atomic E-state index is 0.0866. The molecule has 0 aliphatic rings. The lowest BCUT2D eigenvalue weighted by atomic mass is 9.86. The van der Waals surface area contributed by atoms with Crippen molar-refractivity contribution in [2.45, 2.75) is 39.2 Å². The smallest absolute Gasteiger partial charge is 0.237 e. The molecule has 0 spiro atoms. The van der Waals surface area contributed by atoms with Crippen molar-refractivity contribution in [1.82, 2.24) is 5.32 Å². The van der Waals surface area contributed by atoms with Gasteiger partial charge in [-0.1, -0.05) is 81.4 Å². The van der Waals surface area contributed by atoms with E-state index in [0.717, 1.165) is 6.42 Å². The topological polar surface area (TPSA) is 55.1 Å². The van der Waals surface area contributed by atoms with Crippen molar-refractivity contribution < 1.29 is 4.79 Å². The van der Waals surface area contributed by atoms with E-state index in [-0.39, 0.29) is 17.2 Å². The van der Waals surface area contributed by atoms with Gasteiger partial charge in [0, 0.05) is 12.5 Å². The van der Waals surface area contributed by atoms with Crippen LogP contribution in [0.3, 0.4) is 0 Å². The highest BCUT2D eigenvalue weighted by molar-refractivity contribution is 5.82. The predicted molar refractivity (Wildman–Crippen MR) is 99.8 cm³/mol. The average molecular weight is 324 g/mol. The third kappa shape index (κ3) is 5.20. The number of hydrogen-bond donors (Lipinski definition) is 2. The number of hydrogen-bond acceptors (Lipinski definition) is 2. The van der Waals surface area contributed by atoms with Gasteiger partial charge in [-0.2, -0.15) is 0 Å². The maximum absolute atomic E-state index is 12.3. The summed E-state index contributed by atoms with van der Waals surface area (Å²) in [6.07, 6.45) is 0.885. The Bertz CT molecular complexity index is 632. The van der Waals surface area contributed by atoms with Crippen molar-refractivity contribution >= 4 is 5.91 Å². The lowest BCUT2D eigenvalue weighted by molar-refractivity contribution is -0.124. The minimum atomic E-state index is -0.509. The molecule has 0 heterocycles. The third-order valence-electron chi connectivity index (χ3n) is 4.33. The molecule has 0 saturated carbocycles. The Hall–Kier alpha value is -2.13. The number of nitrogens with one attached hydrogen (secondary N) is 1. The Labute approximate surface area is 145 Å². The van der Waals surface area contributed by atoms with Crippen LogP contribution >= 0.6 is 0 Å². The van der Waals surface area contributed by atoms with E-state index in [4.69, 9.17) is 5.73 Å². The molecule has 0 aliphatic carbocycles. The summed E-state index contributed by atoms with van der Waals surface area (Å²) in [7, 11) is 0. The van der Waals surface area contributed by atoms with E-state index in [1.165, 1.54) is 11.1 Å². The zero-order valence-electron chi connectivity index (χ0n) is 14.8. The number of amides is 1. The number of nitrogens with two attached hydrogens (primary N) is 1. The summed E-state index contributed by atoms with van der Waals surface area (Å²) in [5.74, 6) is 0.140. The number of carbonyl (C=O) groups is 1. The standard InChI is InChI=1S/C21H28N2O/c1-21(2,3)19(22)20(24)23-15-18(17-12-8-5-9-13-17)14-16-10-6-4-7-11-16/h4-13,18-19H,14-15,22H2,1-3H3,(H,23,24)/t18?,19-/m1/s1. The van der Waals surface area contributed by atoms with Gasteiger partial charge < -0.3 is 11.1 Å². The predicted octanol–water partition coefficient (Wildman–Crippen LogP) is 3.50. The van der Waals surface area contributed by atoms with E-state index in [2.05, 4.69) is 29.6 Å². The fourth-order valence-electron chi connectivity index (χ4n) is 2.66. The maximum Gasteiger partial charge on any atom is 0.237 e. The fourth-order valence-corrected chi connectivity index (χ4v) is 2.66. The summed E-state index contributed by atoms with van der Waals surface area (Å²) in [6, 6.07) is 20.2. The van der Waals surface area contributed by atoms with Crippen LogP contribution in [0.5, 0.6) is 0 Å². The second-order valence-corrected chi connectivity index (χ2v) is 7.39. The molecule has 0 radical (unpaired) electrons. The molecule has 3 nitrogen and oxygen atoms in total. The molecule has 2 rings (SSSR count). The van der Waals surface area contributed by atoms with Gasteiger partial charge in [0.05, 0.1) is 6.04 Å². The van der Waals surface area contributed by atoms with E-state index < -0.39 is 6.04 Å². The van der Waals surface area contributed by atoms with Crippen LogP contribution in [0, 0.1) is 5.41 Å². The monoisotopic (exact) mass is 324 g/mol. The van der Waals surface area contributed by atoms with E-state index >= 15 is 0 Å². The molecule has 3 heteroatoms. The lowest BCUT2D eigenvalue weighted by Gasteiger charge is -2.27. The Morgan fingerprint density at radius 3 is 2.08 bits per heavy atom. The molecule has 2 atom stereocenters. The van der Waals surface area contributed by atoms with Crippen molar-refractivity contribution in [3.05, 3.63) is 71.8 Å². The van der Waals surface area contributed by atoms with Crippen LogP contribution in [-0.2, 0) is 11.2 Å². The van der Waals surface area contributed by atoms with Gasteiger partial charge in [0.2, 0.25) is 5.91 Å². The zero-order chi connectivity index (χ0) is 17.6. The van der Waals surface area contributed by atoms with Gasteiger partial charge in [-0.05, 0) is 23.0 Å². The van der Waals surface area contributed by atoms with Crippen molar-refractivity contribution in [1.29, 1.82) is 0 Å². The van der Waals surface area contributed by atoms with Gasteiger partial charge in [-0.3, -0.25) is 4.79 Å². The van der Waals surface area contributed by atoms with Gasteiger partial charge in [-0.25, -0.2) is 0 Å². The first-order valence-corrected chi connectivity index (χ1v) is 8.50. The molecule has 2 aromatic rings. The summed E-state index contributed by atoms with van der Waals surface area (Å²) in [5.41, 5.74) is 8.31. The molecule has 3 N–H and O–H groups in total. The SMILES string of the molecule is CC(C)(C)[C@H](N)C(=O)NCC(Cc1ccccc1)c1ccccc1. The largest absolute Gasteiger partial charge is 0.354 e. The van der Waals surface area contributed by atoms with Crippen molar-refractivity contribution in [3.63, 3.8) is 0 Å². The maximum atomic E-state index is 12.3. The molecule has 0 saturated heterocycles. The van der Waals surface area contributed by atoms with Gasteiger partial charge >= 0.3 is 0 Å². The molecule has 0 bridgehead atoms. The van der Waals surface area contributed by atoms with Gasteiger partial charge in [0.1, 0.15) is 0 Å². The van der Waals surface area contributed by atoms with E-state index in [1.807, 2.05) is 57.2 Å². The number of benzene rings is 2. The van der Waals surface area contributed by atoms with Crippen LogP contribution in [0.4, 0.5) is 0 Å². The zero-order valence-corrected chi connectivity index (χ0v) is 14.8. The quantitative estimate of drug-likeness (QED) is 0.854. The van der Waals surface area contributed by atoms with Crippen molar-refractivity contribution in [2.24, 2.45) is 11.1 Å². The van der Waals surface area contributed by atoms with Crippen LogP contribution in [0.25, 0.3) is 0 Å². The minimum Gasteiger partial charge on any atom is -0.354 e. The summed E-state index contributed by atoms with van der Waals surface area (Å²) >= 11 is 0. The first kappa shape index (κ1) is 18.2. The van der Waals surface area contributed by atoms with Gasteiger partial charge in [0.15, 0.2) is 0 Å². The van der Waals surface area contributed by atoms with E-state index in [0.29, 0.717) is 6.54 Å². The summed E-state index contributed by atoms with van der Waals surface area (Å²) in [4.78, 5) is 12.3. The number of carbonyl (C=O) groups excluding carboxylic acids is 1. The normalized spacial score (nSPS) is 14.0. The average Bonchev–Trinajstić information content (AvgIpc) is 2.58. The van der Waals surface area contributed by atoms with Crippen molar-refractivity contribution in [2.75, 3.05) is 6.54 Å². The Morgan fingerprint density at radius 2 is 1.54 bits per heavy atom. The highest BCUT2D eigenvalue weighted by Gasteiger charge is 2.27. The van der Waals surface area contributed by atoms with E-state index in [9.17, 15) is 4.79 Å². The molecule has 0 aliphatic heterocycles. The highest BCUT2D eigenvalue weighted by atomic mass is 16.2. The molecule has 0 aromatic heterocycles. The van der Waals surface area contributed by atoms with Crippen LogP contribution in [0.2, 0.25) is 0 Å². The first-order valence-electron chi connectivity index (χ1n) is 8.50. The third-order valence-corrected chi connectivity index (χ3v) is 4.33. The second kappa shape index (κ2) is 8.11. The van der Waals surface area contributed by atoms with Crippen molar-refractivity contribution in [3.8, 4) is 0 Å². The summed E-state index contributed by atoms with van der Waals surface area (Å²) in [6.45, 7) is 6.53. The van der Waals surface area contributed by atoms with Gasteiger partial charge in [-0.15, -0.1) is 0 Å². The van der Waals surface area contributed by atoms with E-state index in [1.54, 1.807) is 0 Å². The molecule has 24 heavy (non-hydrogen) atoms. The Morgan fingerprint density at radius 1 is 1.00 bits per heavy atom. The number of rotatable bonds is 6. The molecule has 1 unspecified atom stereocenters. The summed E-state index contributed by atoms with van der Waals surface area (Å²) in [5, 5.41) is 3.04. The lowest BCUT2D eigenvalue weighted by Crippen LogP contribution is -2.49. The second-order valence-electron chi connectivity index (χ2n) is 7.39. The van der Waals surface area contributed by atoms with Crippen LogP contribution in [0.1, 0.15) is 37.8 Å². The van der Waals surface area contributed by atoms with Gasteiger partial charge in [0.25, 0.3) is 0 Å². The molecule has 1 amide bonds. The molecule has 128 valence electrons. The van der Waals surface area contributed by atoms with Crippen LogP contribution < -0.4 is 11.1 Å². The molecular weight excluding hydrogens is 296 g/mol. The van der Waals surface area contributed by atoms with Crippen LogP contribution in [-0.4, -0.2) is 18.5 Å². The first-order chi connectivity index (χ1) is 11.4. The molecule has 2 aromatic carbocycles. The Kier molecular flexibility index (Phi) is 6.16. The highest BCUT2D eigenvalue weighted by Crippen LogP contribution is 2.21.